The number of unbranched alkanes of at least 4 members (excludes halogenated alkanes) is 2. The molecule has 1 N–H and O–H groups in total. The molecule has 0 fully saturated rings. The normalized spacial score (nSPS) is 10.8. The number of carbonyl (C=O) groups excluding carboxylic acids is 1. The third kappa shape index (κ3) is 6.55. The molecule has 3 heteroatoms. The number of carbonyl (C=O) groups is 2. The van der Waals surface area contributed by atoms with E-state index in [-0.39, 0.29) is 12.2 Å². The summed E-state index contributed by atoms with van der Waals surface area (Å²) in [5, 5.41) is 8.55. The van der Waals surface area contributed by atoms with Gasteiger partial charge in [0.25, 0.3) is 0 Å². The van der Waals surface area contributed by atoms with Crippen molar-refractivity contribution < 1.29 is 14.7 Å². The molecule has 19 heavy (non-hydrogen) atoms. The van der Waals surface area contributed by atoms with Gasteiger partial charge in [0.1, 0.15) is 0 Å². The van der Waals surface area contributed by atoms with Gasteiger partial charge in [-0.3, -0.25) is 9.59 Å². The maximum atomic E-state index is 10.9. The summed E-state index contributed by atoms with van der Waals surface area (Å²) in [6, 6.07) is 7.98. The number of hydrogen-bond acceptors (Lipinski definition) is 2. The van der Waals surface area contributed by atoms with E-state index in [1.807, 2.05) is 24.3 Å². The molecule has 0 aliphatic rings. The van der Waals surface area contributed by atoms with Crippen molar-refractivity contribution in [1.29, 1.82) is 0 Å². The molecule has 1 rings (SSSR count). The molecule has 0 amide bonds. The van der Waals surface area contributed by atoms with Crippen molar-refractivity contribution in [3.05, 3.63) is 41.5 Å². The van der Waals surface area contributed by atoms with Crippen molar-refractivity contribution in [3.8, 4) is 0 Å². The van der Waals surface area contributed by atoms with Gasteiger partial charge < -0.3 is 5.11 Å². The molecule has 0 saturated heterocycles. The van der Waals surface area contributed by atoms with Crippen LogP contribution in [-0.4, -0.2) is 16.9 Å². The Bertz CT molecular complexity index is 461. The second-order valence-corrected chi connectivity index (χ2v) is 4.60. The lowest BCUT2D eigenvalue weighted by molar-refractivity contribution is -0.137. The first-order valence-corrected chi connectivity index (χ1v) is 6.58. The summed E-state index contributed by atoms with van der Waals surface area (Å²) in [6.45, 7) is 1.53. The molecule has 102 valence electrons. The molecule has 0 unspecified atom stereocenters. The second kappa shape index (κ2) is 8.25. The van der Waals surface area contributed by atoms with Gasteiger partial charge in [-0.25, -0.2) is 0 Å². The predicted octanol–water partition coefficient (Wildman–Crippen LogP) is 3.48. The number of allylic oxidation sites excluding steroid dienone is 1. The van der Waals surface area contributed by atoms with E-state index in [2.05, 4.69) is 6.07 Å². The van der Waals surface area contributed by atoms with E-state index in [0.29, 0.717) is 0 Å². The predicted molar refractivity (Wildman–Crippen MR) is 76.0 cm³/mol. The van der Waals surface area contributed by atoms with Gasteiger partial charge in [-0.2, -0.15) is 0 Å². The molecule has 1 aromatic rings. The topological polar surface area (TPSA) is 54.4 Å². The first kappa shape index (κ1) is 15.2. The number of aliphatic carboxylic acids is 1. The van der Waals surface area contributed by atoms with E-state index < -0.39 is 5.97 Å². The smallest absolute Gasteiger partial charge is 0.303 e. The fourth-order valence-electron chi connectivity index (χ4n) is 1.90. The molecular formula is C16H20O3. The van der Waals surface area contributed by atoms with Gasteiger partial charge in [0.15, 0.2) is 5.78 Å². The highest BCUT2D eigenvalue weighted by molar-refractivity contribution is 5.91. The highest BCUT2D eigenvalue weighted by Crippen LogP contribution is 2.15. The molecule has 0 aliphatic heterocycles. The van der Waals surface area contributed by atoms with Crippen LogP contribution >= 0.6 is 0 Å². The standard InChI is InChI=1S/C16H20O3/c1-13(17)11-12-15-9-6-5-8-14(15)7-3-2-4-10-16(18)19/h5-6,8-9,11-12H,2-4,7,10H2,1H3,(H,18,19). The Kier molecular flexibility index (Phi) is 6.58. The Balaban J connectivity index is 2.49. The molecular weight excluding hydrogens is 240 g/mol. The Labute approximate surface area is 114 Å². The molecule has 0 aromatic heterocycles. The number of carboxylic acids is 1. The highest BCUT2D eigenvalue weighted by Gasteiger charge is 2.00. The summed E-state index contributed by atoms with van der Waals surface area (Å²) in [4.78, 5) is 21.3. The van der Waals surface area contributed by atoms with Crippen molar-refractivity contribution in [2.45, 2.75) is 39.0 Å². The lowest BCUT2D eigenvalue weighted by atomic mass is 10.0. The minimum atomic E-state index is -0.732. The molecule has 0 spiro atoms. The fourth-order valence-corrected chi connectivity index (χ4v) is 1.90. The molecule has 0 aliphatic carbocycles. The lowest BCUT2D eigenvalue weighted by Crippen LogP contribution is -1.95. The SMILES string of the molecule is CC(=O)C=Cc1ccccc1CCCCCC(=O)O. The van der Waals surface area contributed by atoms with Crippen LogP contribution in [0.1, 0.15) is 43.7 Å². The van der Waals surface area contributed by atoms with E-state index >= 15 is 0 Å². The number of aryl methyl sites for hydroxylation is 1. The van der Waals surface area contributed by atoms with Crippen molar-refractivity contribution >= 4 is 17.8 Å². The van der Waals surface area contributed by atoms with Crippen LogP contribution < -0.4 is 0 Å². The van der Waals surface area contributed by atoms with Crippen molar-refractivity contribution in [3.63, 3.8) is 0 Å². The maximum Gasteiger partial charge on any atom is 0.303 e. The van der Waals surface area contributed by atoms with Gasteiger partial charge in [0, 0.05) is 6.42 Å². The molecule has 0 heterocycles. The Morgan fingerprint density at radius 2 is 1.89 bits per heavy atom. The quantitative estimate of drug-likeness (QED) is 0.575. The van der Waals surface area contributed by atoms with Crippen LogP contribution in [0, 0.1) is 0 Å². The largest absolute Gasteiger partial charge is 0.481 e. The van der Waals surface area contributed by atoms with Crippen molar-refractivity contribution in [2.24, 2.45) is 0 Å². The van der Waals surface area contributed by atoms with Gasteiger partial charge in [-0.05, 0) is 43.4 Å². The van der Waals surface area contributed by atoms with Crippen LogP contribution in [0.25, 0.3) is 6.08 Å². The highest BCUT2D eigenvalue weighted by atomic mass is 16.4. The van der Waals surface area contributed by atoms with Crippen LogP contribution in [0.2, 0.25) is 0 Å². The Morgan fingerprint density at radius 1 is 1.16 bits per heavy atom. The summed E-state index contributed by atoms with van der Waals surface area (Å²) < 4.78 is 0. The van der Waals surface area contributed by atoms with Crippen LogP contribution in [0.5, 0.6) is 0 Å². The van der Waals surface area contributed by atoms with Gasteiger partial charge in [0.05, 0.1) is 0 Å². The van der Waals surface area contributed by atoms with Crippen LogP contribution in [-0.2, 0) is 16.0 Å². The third-order valence-corrected chi connectivity index (χ3v) is 2.89. The Hall–Kier alpha value is -1.90. The molecule has 0 radical (unpaired) electrons. The monoisotopic (exact) mass is 260 g/mol. The summed E-state index contributed by atoms with van der Waals surface area (Å²) >= 11 is 0. The van der Waals surface area contributed by atoms with Crippen LogP contribution in [0.15, 0.2) is 30.3 Å². The van der Waals surface area contributed by atoms with Crippen molar-refractivity contribution in [1.82, 2.24) is 0 Å². The number of carboxylic acid groups (broad SMARTS) is 1. The van der Waals surface area contributed by atoms with Crippen LogP contribution in [0.3, 0.4) is 0 Å². The maximum absolute atomic E-state index is 10.9. The zero-order chi connectivity index (χ0) is 14.1. The fraction of sp³-hybridized carbons (Fsp3) is 0.375. The summed E-state index contributed by atoms with van der Waals surface area (Å²) in [5.74, 6) is -0.693. The first-order chi connectivity index (χ1) is 9.09. The number of hydrogen-bond donors (Lipinski definition) is 1. The van der Waals surface area contributed by atoms with Gasteiger partial charge in [-0.15, -0.1) is 0 Å². The summed E-state index contributed by atoms with van der Waals surface area (Å²) in [7, 11) is 0. The molecule has 0 atom stereocenters. The lowest BCUT2D eigenvalue weighted by Gasteiger charge is -2.05. The van der Waals surface area contributed by atoms with E-state index in [1.165, 1.54) is 12.5 Å². The first-order valence-electron chi connectivity index (χ1n) is 6.58. The van der Waals surface area contributed by atoms with Gasteiger partial charge >= 0.3 is 5.97 Å². The number of benzene rings is 1. The van der Waals surface area contributed by atoms with Gasteiger partial charge in [-0.1, -0.05) is 36.8 Å². The summed E-state index contributed by atoms with van der Waals surface area (Å²) in [6.07, 6.45) is 7.18. The van der Waals surface area contributed by atoms with E-state index in [1.54, 1.807) is 6.08 Å². The third-order valence-electron chi connectivity index (χ3n) is 2.89. The number of rotatable bonds is 8. The molecule has 1 aromatic carbocycles. The second-order valence-electron chi connectivity index (χ2n) is 4.60. The minimum absolute atomic E-state index is 0.0382. The zero-order valence-electron chi connectivity index (χ0n) is 11.3. The van der Waals surface area contributed by atoms with E-state index in [9.17, 15) is 9.59 Å². The zero-order valence-corrected chi connectivity index (χ0v) is 11.3. The average molecular weight is 260 g/mol. The molecule has 3 nitrogen and oxygen atoms in total. The minimum Gasteiger partial charge on any atom is -0.481 e. The van der Waals surface area contributed by atoms with E-state index in [4.69, 9.17) is 5.11 Å². The number of ketones is 1. The van der Waals surface area contributed by atoms with Gasteiger partial charge in [0.2, 0.25) is 0 Å². The van der Waals surface area contributed by atoms with Crippen LogP contribution in [0.4, 0.5) is 0 Å². The Morgan fingerprint density at radius 3 is 2.58 bits per heavy atom. The molecule has 0 saturated carbocycles. The van der Waals surface area contributed by atoms with E-state index in [0.717, 1.165) is 31.2 Å². The van der Waals surface area contributed by atoms with Crippen molar-refractivity contribution in [2.75, 3.05) is 0 Å². The molecule has 0 bridgehead atoms. The average Bonchev–Trinajstić information content (AvgIpc) is 2.36. The summed E-state index contributed by atoms with van der Waals surface area (Å²) in [5.41, 5.74) is 2.27.